The fraction of sp³-hybridized carbons (Fsp3) is 0.438. The van der Waals surface area contributed by atoms with Crippen LogP contribution < -0.4 is 14.5 Å². The van der Waals surface area contributed by atoms with Gasteiger partial charge in [0.15, 0.2) is 0 Å². The van der Waals surface area contributed by atoms with Crippen LogP contribution >= 0.6 is 11.3 Å². The second kappa shape index (κ2) is 6.51. The van der Waals surface area contributed by atoms with Gasteiger partial charge in [-0.25, -0.2) is 0 Å². The number of nitrogens with one attached hydrogen (secondary N) is 1. The second-order valence-electron chi connectivity index (χ2n) is 6.39. The minimum Gasteiger partial charge on any atom is -0.371 e. The van der Waals surface area contributed by atoms with Crippen LogP contribution in [0.1, 0.15) is 25.3 Å². The molecule has 1 aromatic heterocycles. The van der Waals surface area contributed by atoms with Gasteiger partial charge < -0.3 is 10.2 Å². The molecule has 1 amide bonds. The Kier molecular flexibility index (Phi) is 4.31. The molecule has 138 valence electrons. The summed E-state index contributed by atoms with van der Waals surface area (Å²) in [6.07, 6.45) is 3.00. The zero-order chi connectivity index (χ0) is 18.3. The standard InChI is InChI=1S/C16H19N5O3S2/c1-11(22)17-15-18-19-16(25-15)26(23,24)21-9-6-12-4-5-13(10-14(12)21)20-7-2-3-8-20/h4-5,10H,2-3,6-9H2,1H3,(H,17,18,22). The van der Waals surface area contributed by atoms with Crippen LogP contribution in [0.25, 0.3) is 0 Å². The summed E-state index contributed by atoms with van der Waals surface area (Å²) >= 11 is 0.865. The molecule has 0 saturated carbocycles. The number of carbonyl (C=O) groups is 1. The zero-order valence-corrected chi connectivity index (χ0v) is 15.9. The first-order chi connectivity index (χ1) is 12.4. The largest absolute Gasteiger partial charge is 0.371 e. The molecule has 2 aliphatic rings. The summed E-state index contributed by atoms with van der Waals surface area (Å²) in [6.45, 7) is 3.73. The van der Waals surface area contributed by atoms with Crippen molar-refractivity contribution in [2.24, 2.45) is 0 Å². The number of aromatic nitrogens is 2. The zero-order valence-electron chi connectivity index (χ0n) is 14.3. The van der Waals surface area contributed by atoms with Crippen molar-refractivity contribution in [3.8, 4) is 0 Å². The highest BCUT2D eigenvalue weighted by atomic mass is 32.2. The van der Waals surface area contributed by atoms with Gasteiger partial charge in [-0.2, -0.15) is 8.42 Å². The van der Waals surface area contributed by atoms with Crippen LogP contribution in [-0.4, -0.2) is 44.2 Å². The Bertz CT molecular complexity index is 951. The molecule has 2 aliphatic heterocycles. The Hall–Kier alpha value is -2.20. The van der Waals surface area contributed by atoms with E-state index in [0.29, 0.717) is 18.7 Å². The molecule has 2 aromatic rings. The van der Waals surface area contributed by atoms with E-state index in [-0.39, 0.29) is 15.4 Å². The van der Waals surface area contributed by atoms with Crippen molar-refractivity contribution < 1.29 is 13.2 Å². The number of amides is 1. The molecule has 1 aromatic carbocycles. The van der Waals surface area contributed by atoms with E-state index in [2.05, 4.69) is 26.5 Å². The number of benzene rings is 1. The van der Waals surface area contributed by atoms with Gasteiger partial charge in [0.05, 0.1) is 5.69 Å². The molecule has 1 fully saturated rings. The van der Waals surface area contributed by atoms with Gasteiger partial charge in [0, 0.05) is 32.2 Å². The number of hydrogen-bond acceptors (Lipinski definition) is 7. The lowest BCUT2D eigenvalue weighted by Gasteiger charge is -2.22. The van der Waals surface area contributed by atoms with Crippen molar-refractivity contribution in [1.29, 1.82) is 0 Å². The third-order valence-electron chi connectivity index (χ3n) is 4.59. The highest BCUT2D eigenvalue weighted by Gasteiger charge is 2.34. The molecule has 0 aliphatic carbocycles. The molecule has 0 atom stereocenters. The summed E-state index contributed by atoms with van der Waals surface area (Å²) in [4.78, 5) is 13.4. The fourth-order valence-electron chi connectivity index (χ4n) is 3.37. The van der Waals surface area contributed by atoms with Crippen LogP contribution in [0.5, 0.6) is 0 Å². The van der Waals surface area contributed by atoms with Crippen LogP contribution in [0, 0.1) is 0 Å². The van der Waals surface area contributed by atoms with E-state index in [4.69, 9.17) is 0 Å². The second-order valence-corrected chi connectivity index (χ2v) is 9.40. The number of carbonyl (C=O) groups excluding carboxylic acids is 1. The summed E-state index contributed by atoms with van der Waals surface area (Å²) in [5.41, 5.74) is 2.79. The fourth-order valence-corrected chi connectivity index (χ4v) is 5.91. The lowest BCUT2D eigenvalue weighted by molar-refractivity contribution is -0.114. The number of hydrogen-bond donors (Lipinski definition) is 1. The highest BCUT2D eigenvalue weighted by molar-refractivity contribution is 7.94. The van der Waals surface area contributed by atoms with Crippen molar-refractivity contribution in [2.75, 3.05) is 34.2 Å². The summed E-state index contributed by atoms with van der Waals surface area (Å²) in [5, 5.41) is 10.2. The van der Waals surface area contributed by atoms with Gasteiger partial charge in [-0.05, 0) is 37.0 Å². The Labute approximate surface area is 155 Å². The summed E-state index contributed by atoms with van der Waals surface area (Å²) in [6, 6.07) is 6.04. The SMILES string of the molecule is CC(=O)Nc1nnc(S(=O)(=O)N2CCc3ccc(N4CCCC4)cc32)s1. The first kappa shape index (κ1) is 17.2. The van der Waals surface area contributed by atoms with Crippen molar-refractivity contribution in [1.82, 2.24) is 10.2 Å². The number of anilines is 3. The van der Waals surface area contributed by atoms with E-state index in [9.17, 15) is 13.2 Å². The van der Waals surface area contributed by atoms with E-state index in [1.54, 1.807) is 0 Å². The molecule has 3 heterocycles. The maximum absolute atomic E-state index is 13.0. The Balaban J connectivity index is 1.66. The van der Waals surface area contributed by atoms with E-state index in [1.165, 1.54) is 11.2 Å². The van der Waals surface area contributed by atoms with E-state index in [0.717, 1.165) is 48.5 Å². The molecule has 4 rings (SSSR count). The van der Waals surface area contributed by atoms with Crippen LogP contribution in [0.15, 0.2) is 22.5 Å². The van der Waals surface area contributed by atoms with Crippen LogP contribution in [0.4, 0.5) is 16.5 Å². The third-order valence-corrected chi connectivity index (χ3v) is 7.59. The molecule has 0 spiro atoms. The minimum absolute atomic E-state index is 0.110. The Morgan fingerprint density at radius 2 is 1.96 bits per heavy atom. The first-order valence-electron chi connectivity index (χ1n) is 8.47. The summed E-state index contributed by atoms with van der Waals surface area (Å²) < 4.78 is 27.4. The third kappa shape index (κ3) is 3.03. The monoisotopic (exact) mass is 393 g/mol. The van der Waals surface area contributed by atoms with Crippen LogP contribution in [0.3, 0.4) is 0 Å². The first-order valence-corrected chi connectivity index (χ1v) is 10.7. The quantitative estimate of drug-likeness (QED) is 0.797. The van der Waals surface area contributed by atoms with E-state index < -0.39 is 10.0 Å². The predicted molar refractivity (Wildman–Crippen MR) is 100 cm³/mol. The average molecular weight is 393 g/mol. The Morgan fingerprint density at radius 1 is 1.19 bits per heavy atom. The molecule has 0 bridgehead atoms. The maximum atomic E-state index is 13.0. The predicted octanol–water partition coefficient (Wildman–Crippen LogP) is 1.85. The maximum Gasteiger partial charge on any atom is 0.293 e. The number of nitrogens with zero attached hydrogens (tertiary/aromatic N) is 4. The molecule has 8 nitrogen and oxygen atoms in total. The molecule has 10 heteroatoms. The molecule has 0 radical (unpaired) electrons. The smallest absolute Gasteiger partial charge is 0.293 e. The molecule has 0 unspecified atom stereocenters. The van der Waals surface area contributed by atoms with Gasteiger partial charge in [0.1, 0.15) is 0 Å². The number of fused-ring (bicyclic) bond motifs is 1. The molecular formula is C16H19N5O3S2. The van der Waals surface area contributed by atoms with E-state index >= 15 is 0 Å². The van der Waals surface area contributed by atoms with Gasteiger partial charge in [-0.3, -0.25) is 9.10 Å². The van der Waals surface area contributed by atoms with Crippen LogP contribution in [0.2, 0.25) is 0 Å². The lowest BCUT2D eigenvalue weighted by atomic mass is 10.1. The van der Waals surface area contributed by atoms with Gasteiger partial charge >= 0.3 is 0 Å². The summed E-state index contributed by atoms with van der Waals surface area (Å²) in [7, 11) is -3.80. The number of sulfonamides is 1. The van der Waals surface area contributed by atoms with Crippen molar-refractivity contribution >= 4 is 43.8 Å². The molecule has 1 N–H and O–H groups in total. The van der Waals surface area contributed by atoms with Crippen molar-refractivity contribution in [3.05, 3.63) is 23.8 Å². The van der Waals surface area contributed by atoms with Gasteiger partial charge in [0.2, 0.25) is 11.0 Å². The molecule has 1 saturated heterocycles. The van der Waals surface area contributed by atoms with E-state index in [1.807, 2.05) is 12.1 Å². The topological polar surface area (TPSA) is 95.5 Å². The Morgan fingerprint density at radius 3 is 2.69 bits per heavy atom. The van der Waals surface area contributed by atoms with Gasteiger partial charge in [0.25, 0.3) is 14.4 Å². The normalized spacial score (nSPS) is 16.8. The van der Waals surface area contributed by atoms with Crippen molar-refractivity contribution in [3.63, 3.8) is 0 Å². The minimum atomic E-state index is -3.80. The van der Waals surface area contributed by atoms with Crippen LogP contribution in [-0.2, 0) is 21.2 Å². The molecule has 26 heavy (non-hydrogen) atoms. The molecular weight excluding hydrogens is 374 g/mol. The highest BCUT2D eigenvalue weighted by Crippen LogP contribution is 2.37. The average Bonchev–Trinajstić information content (AvgIpc) is 3.34. The summed E-state index contributed by atoms with van der Waals surface area (Å²) in [5.74, 6) is -0.313. The lowest BCUT2D eigenvalue weighted by Crippen LogP contribution is -2.29. The van der Waals surface area contributed by atoms with Gasteiger partial charge in [-0.15, -0.1) is 10.2 Å². The van der Waals surface area contributed by atoms with Gasteiger partial charge in [-0.1, -0.05) is 17.4 Å². The number of rotatable bonds is 4. The van der Waals surface area contributed by atoms with Crippen molar-refractivity contribution in [2.45, 2.75) is 30.5 Å².